The lowest BCUT2D eigenvalue weighted by molar-refractivity contribution is -0.113. The van der Waals surface area contributed by atoms with Crippen molar-refractivity contribution in [3.8, 4) is 11.5 Å². The number of anilines is 1. The second-order valence-electron chi connectivity index (χ2n) is 6.06. The van der Waals surface area contributed by atoms with Gasteiger partial charge in [0.2, 0.25) is 11.7 Å². The maximum atomic E-state index is 13.3. The molecule has 0 radical (unpaired) electrons. The number of alkyl halides is 1. The third-order valence-electron chi connectivity index (χ3n) is 4.17. The normalized spacial score (nSPS) is 12.2. The van der Waals surface area contributed by atoms with E-state index in [4.69, 9.17) is 31.3 Å². The molecule has 0 aliphatic heterocycles. The Hall–Kier alpha value is -2.94. The summed E-state index contributed by atoms with van der Waals surface area (Å²) >= 11 is 5.52. The summed E-state index contributed by atoms with van der Waals surface area (Å²) < 4.78 is 10.9. The first-order valence-corrected chi connectivity index (χ1v) is 9.28. The molecule has 0 spiro atoms. The Morgan fingerprint density at radius 2 is 1.59 bits per heavy atom. The molecule has 0 atom stereocenters. The number of rotatable bonds is 8. The van der Waals surface area contributed by atoms with Gasteiger partial charge in [-0.1, -0.05) is 12.1 Å². The average Bonchev–Trinajstić information content (AvgIpc) is 2.73. The van der Waals surface area contributed by atoms with Gasteiger partial charge >= 0.3 is 0 Å². The van der Waals surface area contributed by atoms with Crippen molar-refractivity contribution in [2.45, 2.75) is 0 Å². The molecule has 3 rings (SSSR count). The lowest BCUT2D eigenvalue weighted by Gasteiger charge is -2.23. The Morgan fingerprint density at radius 1 is 0.931 bits per heavy atom. The van der Waals surface area contributed by atoms with Gasteiger partial charge in [0.15, 0.2) is 5.78 Å². The van der Waals surface area contributed by atoms with Crippen molar-refractivity contribution in [3.63, 3.8) is 0 Å². The molecule has 9 heteroatoms. The number of aliphatic hydroxyl groups is 2. The number of carbonyl (C=O) groups is 3. The van der Waals surface area contributed by atoms with E-state index < -0.39 is 17.5 Å². The molecule has 0 fully saturated rings. The fourth-order valence-corrected chi connectivity index (χ4v) is 3.13. The molecule has 1 aliphatic rings. The SMILES string of the molecule is O=C(CCl)Nc1cc(OCCO)c2c(c1)C(=O)c1cccc(OCCO)c1C2=O. The minimum atomic E-state index is -0.494. The Morgan fingerprint density at radius 3 is 2.24 bits per heavy atom. The number of nitrogens with one attached hydrogen (secondary N) is 1. The maximum Gasteiger partial charge on any atom is 0.239 e. The van der Waals surface area contributed by atoms with Crippen molar-refractivity contribution in [3.05, 3.63) is 52.6 Å². The fourth-order valence-electron chi connectivity index (χ4n) is 3.07. The highest BCUT2D eigenvalue weighted by Gasteiger charge is 2.35. The van der Waals surface area contributed by atoms with Crippen LogP contribution in [0.1, 0.15) is 31.8 Å². The van der Waals surface area contributed by atoms with E-state index in [1.54, 1.807) is 6.07 Å². The quantitative estimate of drug-likeness (QED) is 0.471. The number of ketones is 2. The number of ether oxygens (including phenoxy) is 2. The topological polar surface area (TPSA) is 122 Å². The van der Waals surface area contributed by atoms with Crippen LogP contribution in [0.4, 0.5) is 5.69 Å². The molecule has 152 valence electrons. The van der Waals surface area contributed by atoms with Crippen molar-refractivity contribution in [1.29, 1.82) is 0 Å². The third kappa shape index (κ3) is 4.09. The molecule has 0 bridgehead atoms. The summed E-state index contributed by atoms with van der Waals surface area (Å²) in [7, 11) is 0. The second kappa shape index (κ2) is 9.04. The molecule has 29 heavy (non-hydrogen) atoms. The lowest BCUT2D eigenvalue weighted by atomic mass is 9.82. The monoisotopic (exact) mass is 419 g/mol. The van der Waals surface area contributed by atoms with Gasteiger partial charge in [-0.05, 0) is 12.1 Å². The van der Waals surface area contributed by atoms with E-state index in [1.807, 2.05) is 0 Å². The van der Waals surface area contributed by atoms with Crippen molar-refractivity contribution < 1.29 is 34.1 Å². The zero-order valence-electron chi connectivity index (χ0n) is 15.2. The van der Waals surface area contributed by atoms with Crippen LogP contribution in [0.25, 0.3) is 0 Å². The van der Waals surface area contributed by atoms with Crippen LogP contribution in [0.15, 0.2) is 30.3 Å². The van der Waals surface area contributed by atoms with Crippen LogP contribution in [-0.4, -0.2) is 60.0 Å². The predicted octanol–water partition coefficient (Wildman–Crippen LogP) is 1.38. The van der Waals surface area contributed by atoms with Gasteiger partial charge in [0.25, 0.3) is 0 Å². The molecule has 2 aromatic rings. The third-order valence-corrected chi connectivity index (χ3v) is 4.42. The summed E-state index contributed by atoms with van der Waals surface area (Å²) in [5, 5.41) is 20.6. The Kier molecular flexibility index (Phi) is 6.48. The first-order chi connectivity index (χ1) is 14.0. The van der Waals surface area contributed by atoms with Crippen LogP contribution in [0.3, 0.4) is 0 Å². The molecule has 0 heterocycles. The minimum Gasteiger partial charge on any atom is -0.490 e. The van der Waals surface area contributed by atoms with E-state index in [2.05, 4.69) is 5.32 Å². The number of hydrogen-bond donors (Lipinski definition) is 3. The molecular formula is C20H18ClNO7. The molecular weight excluding hydrogens is 402 g/mol. The lowest BCUT2D eigenvalue weighted by Crippen LogP contribution is -2.24. The Labute approximate surface area is 171 Å². The maximum absolute atomic E-state index is 13.3. The Balaban J connectivity index is 2.15. The summed E-state index contributed by atoms with van der Waals surface area (Å²) in [4.78, 5) is 38.0. The molecule has 2 aromatic carbocycles. The molecule has 8 nitrogen and oxygen atoms in total. The van der Waals surface area contributed by atoms with Gasteiger partial charge in [-0.3, -0.25) is 14.4 Å². The number of benzene rings is 2. The largest absolute Gasteiger partial charge is 0.490 e. The van der Waals surface area contributed by atoms with Crippen molar-refractivity contribution in [1.82, 2.24) is 0 Å². The number of carbonyl (C=O) groups excluding carboxylic acids is 3. The van der Waals surface area contributed by atoms with Crippen molar-refractivity contribution in [2.75, 3.05) is 37.6 Å². The van der Waals surface area contributed by atoms with Gasteiger partial charge in [-0.25, -0.2) is 0 Å². The molecule has 0 aromatic heterocycles. The van der Waals surface area contributed by atoms with E-state index in [-0.39, 0.29) is 71.7 Å². The number of amides is 1. The molecule has 1 aliphatic carbocycles. The summed E-state index contributed by atoms with van der Waals surface area (Å²) in [6.07, 6.45) is 0. The highest BCUT2D eigenvalue weighted by molar-refractivity contribution is 6.31. The Bertz CT molecular complexity index is 974. The van der Waals surface area contributed by atoms with E-state index >= 15 is 0 Å². The van der Waals surface area contributed by atoms with Crippen molar-refractivity contribution >= 4 is 34.8 Å². The predicted molar refractivity (Wildman–Crippen MR) is 104 cm³/mol. The number of hydrogen-bond acceptors (Lipinski definition) is 7. The first-order valence-electron chi connectivity index (χ1n) is 8.75. The molecule has 0 unspecified atom stereocenters. The summed E-state index contributed by atoms with van der Waals surface area (Å²) in [6, 6.07) is 7.39. The average molecular weight is 420 g/mol. The van der Waals surface area contributed by atoms with Crippen LogP contribution >= 0.6 is 11.6 Å². The smallest absolute Gasteiger partial charge is 0.239 e. The van der Waals surface area contributed by atoms with Gasteiger partial charge in [-0.15, -0.1) is 11.6 Å². The number of aliphatic hydroxyl groups excluding tert-OH is 2. The standard InChI is InChI=1S/C20H18ClNO7/c21-10-16(25)22-11-8-13-18(15(9-11)29-7-5-24)20(27)17-12(19(13)26)2-1-3-14(17)28-6-4-23/h1-3,8-9,23-24H,4-7,10H2,(H,22,25). The van der Waals surface area contributed by atoms with Crippen molar-refractivity contribution in [2.24, 2.45) is 0 Å². The zero-order chi connectivity index (χ0) is 21.0. The van der Waals surface area contributed by atoms with Crippen LogP contribution in [0.2, 0.25) is 0 Å². The van der Waals surface area contributed by atoms with Crippen LogP contribution in [-0.2, 0) is 4.79 Å². The molecule has 0 saturated carbocycles. The highest BCUT2D eigenvalue weighted by Crippen LogP contribution is 2.39. The summed E-state index contributed by atoms with van der Waals surface area (Å²) in [6.45, 7) is -0.716. The first kappa shape index (κ1) is 20.8. The zero-order valence-corrected chi connectivity index (χ0v) is 16.0. The highest BCUT2D eigenvalue weighted by atomic mass is 35.5. The van der Waals surface area contributed by atoms with Crippen LogP contribution in [0.5, 0.6) is 11.5 Å². The van der Waals surface area contributed by atoms with Gasteiger partial charge in [0.1, 0.15) is 30.6 Å². The molecule has 0 saturated heterocycles. The number of fused-ring (bicyclic) bond motifs is 2. The van der Waals surface area contributed by atoms with Crippen LogP contribution < -0.4 is 14.8 Å². The van der Waals surface area contributed by atoms with E-state index in [0.29, 0.717) is 0 Å². The summed E-state index contributed by atoms with van der Waals surface area (Å²) in [5.41, 5.74) is 0.526. The molecule has 3 N–H and O–H groups in total. The minimum absolute atomic E-state index is 0.0138. The van der Waals surface area contributed by atoms with Gasteiger partial charge in [-0.2, -0.15) is 0 Å². The second-order valence-corrected chi connectivity index (χ2v) is 6.33. The molecule has 1 amide bonds. The van der Waals surface area contributed by atoms with Gasteiger partial charge in [0.05, 0.1) is 24.3 Å². The van der Waals surface area contributed by atoms with E-state index in [9.17, 15) is 14.4 Å². The fraction of sp³-hybridized carbons (Fsp3) is 0.250. The van der Waals surface area contributed by atoms with E-state index in [0.717, 1.165) is 0 Å². The van der Waals surface area contributed by atoms with E-state index in [1.165, 1.54) is 24.3 Å². The number of halogens is 1. The summed E-state index contributed by atoms with van der Waals surface area (Å²) in [5.74, 6) is -1.50. The van der Waals surface area contributed by atoms with Crippen LogP contribution in [0, 0.1) is 0 Å². The van der Waals surface area contributed by atoms with Gasteiger partial charge < -0.3 is 25.0 Å². The van der Waals surface area contributed by atoms with Gasteiger partial charge in [0, 0.05) is 22.9 Å².